The van der Waals surface area contributed by atoms with Crippen LogP contribution in [0.25, 0.3) is 0 Å². The molecule has 1 aromatic heterocycles. The highest BCUT2D eigenvalue weighted by Crippen LogP contribution is 2.38. The number of thiazole rings is 1. The summed E-state index contributed by atoms with van der Waals surface area (Å²) in [4.78, 5) is 7.24. The fraction of sp³-hybridized carbons (Fsp3) is 0.800. The Morgan fingerprint density at radius 3 is 2.79 bits per heavy atom. The maximum absolute atomic E-state index is 9.95. The van der Waals surface area contributed by atoms with Crippen LogP contribution in [0.3, 0.4) is 0 Å². The van der Waals surface area contributed by atoms with E-state index < -0.39 is 0 Å². The van der Waals surface area contributed by atoms with Gasteiger partial charge in [0.25, 0.3) is 0 Å². The molecule has 2 fully saturated rings. The van der Waals surface area contributed by atoms with Gasteiger partial charge in [0.2, 0.25) is 0 Å². The van der Waals surface area contributed by atoms with Crippen LogP contribution in [-0.4, -0.2) is 34.2 Å². The third-order valence-corrected chi connectivity index (χ3v) is 5.79. The molecule has 0 amide bonds. The first-order chi connectivity index (χ1) is 8.93. The van der Waals surface area contributed by atoms with Gasteiger partial charge in [-0.05, 0) is 18.8 Å². The largest absolute Gasteiger partial charge is 0.393 e. The van der Waals surface area contributed by atoms with Crippen LogP contribution in [-0.2, 0) is 12.0 Å². The Kier molecular flexibility index (Phi) is 3.44. The lowest BCUT2D eigenvalue weighted by atomic mass is 9.98. The highest BCUT2D eigenvalue weighted by Gasteiger charge is 2.41. The maximum Gasteiger partial charge on any atom is 0.0982 e. The van der Waals surface area contributed by atoms with E-state index in [1.54, 1.807) is 11.3 Å². The van der Waals surface area contributed by atoms with E-state index in [1.807, 2.05) is 0 Å². The van der Waals surface area contributed by atoms with Crippen LogP contribution < -0.4 is 0 Å². The van der Waals surface area contributed by atoms with Crippen molar-refractivity contribution in [2.75, 3.05) is 13.1 Å². The number of hydrogen-bond donors (Lipinski definition) is 1. The molecule has 4 heteroatoms. The number of likely N-dealkylation sites (tertiary alicyclic amines) is 1. The van der Waals surface area contributed by atoms with Gasteiger partial charge in [0, 0.05) is 36.3 Å². The molecule has 0 bridgehead atoms. The van der Waals surface area contributed by atoms with Gasteiger partial charge in [0.1, 0.15) is 0 Å². The highest BCUT2D eigenvalue weighted by atomic mass is 32.1. The molecule has 1 aliphatic heterocycles. The molecule has 19 heavy (non-hydrogen) atoms. The van der Waals surface area contributed by atoms with Crippen molar-refractivity contribution in [2.24, 2.45) is 11.8 Å². The summed E-state index contributed by atoms with van der Waals surface area (Å²) in [6.07, 6.45) is 2.15. The Morgan fingerprint density at radius 2 is 2.16 bits per heavy atom. The summed E-state index contributed by atoms with van der Waals surface area (Å²) in [7, 11) is 0. The first-order valence-electron chi connectivity index (χ1n) is 7.29. The smallest absolute Gasteiger partial charge is 0.0982 e. The van der Waals surface area contributed by atoms with Crippen LogP contribution in [0.5, 0.6) is 0 Å². The van der Waals surface area contributed by atoms with Crippen LogP contribution >= 0.6 is 11.3 Å². The van der Waals surface area contributed by atoms with Crippen molar-refractivity contribution in [1.29, 1.82) is 0 Å². The highest BCUT2D eigenvalue weighted by molar-refractivity contribution is 7.09. The molecule has 2 heterocycles. The number of rotatable bonds is 2. The van der Waals surface area contributed by atoms with Gasteiger partial charge in [-0.3, -0.25) is 4.90 Å². The molecule has 1 saturated carbocycles. The summed E-state index contributed by atoms with van der Waals surface area (Å²) in [5, 5.41) is 13.4. The minimum atomic E-state index is -0.0597. The lowest BCUT2D eigenvalue weighted by Crippen LogP contribution is -2.24. The lowest BCUT2D eigenvalue weighted by molar-refractivity contribution is 0.123. The van der Waals surface area contributed by atoms with E-state index in [2.05, 4.69) is 31.1 Å². The van der Waals surface area contributed by atoms with E-state index in [0.717, 1.165) is 32.0 Å². The zero-order chi connectivity index (χ0) is 13.6. The summed E-state index contributed by atoms with van der Waals surface area (Å²) in [5.41, 5.74) is 1.35. The number of hydrogen-bond acceptors (Lipinski definition) is 4. The van der Waals surface area contributed by atoms with Gasteiger partial charge in [0.05, 0.1) is 16.8 Å². The van der Waals surface area contributed by atoms with Crippen LogP contribution in [0, 0.1) is 11.8 Å². The fourth-order valence-corrected chi connectivity index (χ4v) is 4.31. The van der Waals surface area contributed by atoms with Gasteiger partial charge in [-0.2, -0.15) is 0 Å². The van der Waals surface area contributed by atoms with E-state index in [-0.39, 0.29) is 11.5 Å². The Morgan fingerprint density at radius 1 is 1.37 bits per heavy atom. The van der Waals surface area contributed by atoms with E-state index in [1.165, 1.54) is 17.1 Å². The minimum absolute atomic E-state index is 0.0597. The molecule has 3 nitrogen and oxygen atoms in total. The molecular weight excluding hydrogens is 256 g/mol. The SMILES string of the molecule is CC(C)(C)c1nc(CN2CC3CCC(O)C3C2)cs1. The van der Waals surface area contributed by atoms with Crippen molar-refractivity contribution in [3.8, 4) is 0 Å². The molecule has 1 N–H and O–H groups in total. The second kappa shape index (κ2) is 4.83. The van der Waals surface area contributed by atoms with Crippen molar-refractivity contribution >= 4 is 11.3 Å². The van der Waals surface area contributed by atoms with Crippen LogP contribution in [0.4, 0.5) is 0 Å². The molecule has 1 saturated heterocycles. The van der Waals surface area contributed by atoms with Crippen LogP contribution in [0.1, 0.15) is 44.3 Å². The fourth-order valence-electron chi connectivity index (χ4n) is 3.41. The Balaban J connectivity index is 1.62. The minimum Gasteiger partial charge on any atom is -0.393 e. The Labute approximate surface area is 119 Å². The molecule has 0 spiro atoms. The van der Waals surface area contributed by atoms with E-state index >= 15 is 0 Å². The number of aromatic nitrogens is 1. The van der Waals surface area contributed by atoms with Crippen molar-refractivity contribution in [1.82, 2.24) is 9.88 Å². The van der Waals surface area contributed by atoms with Gasteiger partial charge < -0.3 is 5.11 Å². The average Bonchev–Trinajstić information content (AvgIpc) is 2.97. The quantitative estimate of drug-likeness (QED) is 0.905. The normalized spacial score (nSPS) is 31.9. The van der Waals surface area contributed by atoms with Gasteiger partial charge in [-0.1, -0.05) is 20.8 Å². The number of nitrogens with zero attached hydrogens (tertiary/aromatic N) is 2. The summed E-state index contributed by atoms with van der Waals surface area (Å²) in [6, 6.07) is 0. The molecule has 2 aliphatic rings. The summed E-state index contributed by atoms with van der Waals surface area (Å²) in [5.74, 6) is 1.23. The standard InChI is InChI=1S/C15H24N2OS/c1-15(2,3)14-16-11(9-19-14)7-17-6-10-4-5-13(18)12(10)8-17/h9-10,12-13,18H,4-8H2,1-3H3. The average molecular weight is 280 g/mol. The van der Waals surface area contributed by atoms with Crippen LogP contribution in [0.2, 0.25) is 0 Å². The van der Waals surface area contributed by atoms with Gasteiger partial charge in [-0.15, -0.1) is 11.3 Å². The third-order valence-electron chi connectivity index (χ3n) is 4.47. The summed E-state index contributed by atoms with van der Waals surface area (Å²) in [6.45, 7) is 9.79. The molecule has 106 valence electrons. The molecule has 0 aromatic carbocycles. The van der Waals surface area contributed by atoms with Crippen molar-refractivity contribution in [3.05, 3.63) is 16.1 Å². The topological polar surface area (TPSA) is 36.4 Å². The molecule has 3 unspecified atom stereocenters. The maximum atomic E-state index is 9.95. The Hall–Kier alpha value is -0.450. The Bertz CT molecular complexity index is 451. The number of aliphatic hydroxyl groups excluding tert-OH is 1. The van der Waals surface area contributed by atoms with Crippen molar-refractivity contribution in [2.45, 2.75) is 51.7 Å². The summed E-state index contributed by atoms with van der Waals surface area (Å²) >= 11 is 1.77. The van der Waals surface area contributed by atoms with Crippen molar-refractivity contribution < 1.29 is 5.11 Å². The van der Waals surface area contributed by atoms with Gasteiger partial charge in [-0.25, -0.2) is 4.98 Å². The number of aliphatic hydroxyl groups is 1. The second-order valence-electron chi connectivity index (χ2n) is 7.16. The molecule has 0 radical (unpaired) electrons. The zero-order valence-corrected chi connectivity index (χ0v) is 12.9. The first-order valence-corrected chi connectivity index (χ1v) is 8.17. The second-order valence-corrected chi connectivity index (χ2v) is 8.01. The molecule has 1 aromatic rings. The van der Waals surface area contributed by atoms with Crippen LogP contribution in [0.15, 0.2) is 5.38 Å². The van der Waals surface area contributed by atoms with E-state index in [0.29, 0.717) is 5.92 Å². The van der Waals surface area contributed by atoms with Crippen molar-refractivity contribution in [3.63, 3.8) is 0 Å². The third kappa shape index (κ3) is 2.71. The summed E-state index contributed by atoms with van der Waals surface area (Å²) < 4.78 is 0. The molecule has 3 atom stereocenters. The van der Waals surface area contributed by atoms with E-state index in [4.69, 9.17) is 4.98 Å². The molecule has 3 rings (SSSR count). The zero-order valence-electron chi connectivity index (χ0n) is 12.1. The lowest BCUT2D eigenvalue weighted by Gasteiger charge is -2.17. The predicted molar refractivity (Wildman–Crippen MR) is 78.3 cm³/mol. The first kappa shape index (κ1) is 13.5. The molecule has 1 aliphatic carbocycles. The van der Waals surface area contributed by atoms with Gasteiger partial charge >= 0.3 is 0 Å². The monoisotopic (exact) mass is 280 g/mol. The van der Waals surface area contributed by atoms with E-state index in [9.17, 15) is 5.11 Å². The molecular formula is C15H24N2OS. The predicted octanol–water partition coefficient (Wildman–Crippen LogP) is 2.64. The van der Waals surface area contributed by atoms with Gasteiger partial charge in [0.15, 0.2) is 0 Å². The number of fused-ring (bicyclic) bond motifs is 1.